The predicted molar refractivity (Wildman–Crippen MR) is 133 cm³/mol. The van der Waals surface area contributed by atoms with Crippen LogP contribution in [0.4, 0.5) is 0 Å². The number of amides is 1. The molecule has 3 heterocycles. The topological polar surface area (TPSA) is 79.5 Å². The van der Waals surface area contributed by atoms with Gasteiger partial charge in [0.2, 0.25) is 0 Å². The van der Waals surface area contributed by atoms with Gasteiger partial charge < -0.3 is 29.0 Å². The molecule has 9 heteroatoms. The van der Waals surface area contributed by atoms with E-state index in [4.69, 9.17) is 13.9 Å². The summed E-state index contributed by atoms with van der Waals surface area (Å²) >= 11 is 0. The van der Waals surface area contributed by atoms with E-state index in [1.165, 1.54) is 11.8 Å². The van der Waals surface area contributed by atoms with Gasteiger partial charge in [-0.15, -0.1) is 24.0 Å². The standard InChI is InChI=1S/C23H30N4O4.HI/c1-23(2,17-6-7-18-20(15-17)31-14-13-30-18)16-25-22(24-3)27-10-8-26(9-11-27)21(28)19-5-4-12-29-19;/h4-7,12,15H,8-11,13-14,16H2,1-3H3,(H,24,25);1H. The molecule has 1 amide bonds. The van der Waals surface area contributed by atoms with Crippen LogP contribution in [-0.2, 0) is 5.41 Å². The number of carbonyl (C=O) groups is 1. The molecule has 32 heavy (non-hydrogen) atoms. The zero-order valence-electron chi connectivity index (χ0n) is 18.8. The van der Waals surface area contributed by atoms with Crippen LogP contribution >= 0.6 is 24.0 Å². The first-order valence-electron chi connectivity index (χ1n) is 10.7. The van der Waals surface area contributed by atoms with Crippen molar-refractivity contribution >= 4 is 35.8 Å². The van der Waals surface area contributed by atoms with Gasteiger partial charge in [-0.2, -0.15) is 0 Å². The molecule has 2 aliphatic heterocycles. The SMILES string of the molecule is CN=C(NCC(C)(C)c1ccc2c(c1)OCCO2)N1CCN(C(=O)c2ccco2)CC1.I. The monoisotopic (exact) mass is 554 g/mol. The van der Waals surface area contributed by atoms with Crippen molar-refractivity contribution in [3.05, 3.63) is 47.9 Å². The van der Waals surface area contributed by atoms with Crippen molar-refractivity contribution in [1.29, 1.82) is 0 Å². The van der Waals surface area contributed by atoms with Crippen molar-refractivity contribution in [3.63, 3.8) is 0 Å². The average Bonchev–Trinajstić information content (AvgIpc) is 3.34. The number of nitrogens with one attached hydrogen (secondary N) is 1. The fourth-order valence-electron chi connectivity index (χ4n) is 3.88. The highest BCUT2D eigenvalue weighted by atomic mass is 127. The maximum atomic E-state index is 12.5. The predicted octanol–water partition coefficient (Wildman–Crippen LogP) is 2.98. The first-order valence-corrected chi connectivity index (χ1v) is 10.7. The van der Waals surface area contributed by atoms with Crippen LogP contribution in [0.25, 0.3) is 0 Å². The second-order valence-electron chi connectivity index (χ2n) is 8.40. The summed E-state index contributed by atoms with van der Waals surface area (Å²) in [4.78, 5) is 20.9. The van der Waals surface area contributed by atoms with E-state index in [9.17, 15) is 4.79 Å². The molecule has 8 nitrogen and oxygen atoms in total. The Morgan fingerprint density at radius 2 is 1.75 bits per heavy atom. The fourth-order valence-corrected chi connectivity index (χ4v) is 3.88. The summed E-state index contributed by atoms with van der Waals surface area (Å²) in [6.45, 7) is 8.97. The van der Waals surface area contributed by atoms with Crippen LogP contribution < -0.4 is 14.8 Å². The van der Waals surface area contributed by atoms with Crippen LogP contribution in [-0.4, -0.2) is 74.7 Å². The molecule has 0 spiro atoms. The number of fused-ring (bicyclic) bond motifs is 1. The first-order chi connectivity index (χ1) is 15.0. The number of ether oxygens (including phenoxy) is 2. The molecular weight excluding hydrogens is 523 g/mol. The largest absolute Gasteiger partial charge is 0.486 e. The van der Waals surface area contributed by atoms with E-state index in [2.05, 4.69) is 41.2 Å². The minimum absolute atomic E-state index is 0. The average molecular weight is 554 g/mol. The number of guanidine groups is 1. The van der Waals surface area contributed by atoms with Crippen molar-refractivity contribution in [2.75, 3.05) is 53.0 Å². The lowest BCUT2D eigenvalue weighted by molar-refractivity contribution is 0.0657. The molecule has 2 aromatic rings. The molecule has 0 saturated carbocycles. The Kier molecular flexibility index (Phi) is 7.91. The Hall–Kier alpha value is -2.43. The van der Waals surface area contributed by atoms with Crippen molar-refractivity contribution in [2.45, 2.75) is 19.3 Å². The maximum Gasteiger partial charge on any atom is 0.289 e. The smallest absolute Gasteiger partial charge is 0.289 e. The lowest BCUT2D eigenvalue weighted by Crippen LogP contribution is -2.54. The van der Waals surface area contributed by atoms with Gasteiger partial charge in [-0.1, -0.05) is 19.9 Å². The molecule has 0 atom stereocenters. The third-order valence-electron chi connectivity index (χ3n) is 5.82. The summed E-state index contributed by atoms with van der Waals surface area (Å²) in [5, 5.41) is 3.51. The lowest BCUT2D eigenvalue weighted by Gasteiger charge is -2.37. The molecule has 4 rings (SSSR count). The molecule has 0 aliphatic carbocycles. The number of hydrogen-bond donors (Lipinski definition) is 1. The lowest BCUT2D eigenvalue weighted by atomic mass is 9.84. The van der Waals surface area contributed by atoms with E-state index in [0.717, 1.165) is 30.5 Å². The number of halogens is 1. The normalized spacial score (nSPS) is 16.4. The number of furan rings is 1. The summed E-state index contributed by atoms with van der Waals surface area (Å²) in [7, 11) is 1.79. The van der Waals surface area contributed by atoms with Crippen LogP contribution in [0.2, 0.25) is 0 Å². The van der Waals surface area contributed by atoms with Crippen LogP contribution in [0.15, 0.2) is 46.0 Å². The molecule has 2 aliphatic rings. The summed E-state index contributed by atoms with van der Waals surface area (Å²) in [6, 6.07) is 9.58. The number of rotatable bonds is 4. The minimum Gasteiger partial charge on any atom is -0.486 e. The third kappa shape index (κ3) is 5.31. The number of benzene rings is 1. The highest BCUT2D eigenvalue weighted by Crippen LogP contribution is 2.34. The van der Waals surface area contributed by atoms with E-state index < -0.39 is 0 Å². The van der Waals surface area contributed by atoms with Gasteiger partial charge in [0, 0.05) is 45.2 Å². The van der Waals surface area contributed by atoms with Crippen LogP contribution in [0.5, 0.6) is 11.5 Å². The number of aliphatic imine (C=N–C) groups is 1. The maximum absolute atomic E-state index is 12.5. The number of hydrogen-bond acceptors (Lipinski definition) is 5. The van der Waals surface area contributed by atoms with Gasteiger partial charge in [0.1, 0.15) is 13.2 Å². The van der Waals surface area contributed by atoms with Crippen LogP contribution in [0.3, 0.4) is 0 Å². The van der Waals surface area contributed by atoms with E-state index in [1.807, 2.05) is 11.0 Å². The highest BCUT2D eigenvalue weighted by molar-refractivity contribution is 14.0. The van der Waals surface area contributed by atoms with E-state index in [1.54, 1.807) is 19.2 Å². The Bertz CT molecular complexity index is 937. The van der Waals surface area contributed by atoms with E-state index >= 15 is 0 Å². The van der Waals surface area contributed by atoms with Crippen molar-refractivity contribution in [1.82, 2.24) is 15.1 Å². The summed E-state index contributed by atoms with van der Waals surface area (Å²) in [5.74, 6) is 2.77. The zero-order chi connectivity index (χ0) is 21.8. The van der Waals surface area contributed by atoms with Crippen molar-refractivity contribution in [2.24, 2.45) is 4.99 Å². The molecule has 0 bridgehead atoms. The molecule has 1 N–H and O–H groups in total. The Balaban J connectivity index is 0.00000289. The Morgan fingerprint density at radius 1 is 1.06 bits per heavy atom. The van der Waals surface area contributed by atoms with E-state index in [-0.39, 0.29) is 35.3 Å². The molecule has 1 saturated heterocycles. The molecule has 1 aromatic carbocycles. The van der Waals surface area contributed by atoms with Gasteiger partial charge in [-0.25, -0.2) is 0 Å². The molecule has 0 radical (unpaired) electrons. The van der Waals surface area contributed by atoms with Crippen molar-refractivity contribution < 1.29 is 18.7 Å². The molecule has 1 fully saturated rings. The number of nitrogens with zero attached hydrogens (tertiary/aromatic N) is 3. The summed E-state index contributed by atoms with van der Waals surface area (Å²) < 4.78 is 16.6. The van der Waals surface area contributed by atoms with Gasteiger partial charge in [-0.05, 0) is 29.8 Å². The Labute approximate surface area is 206 Å². The van der Waals surface area contributed by atoms with Crippen LogP contribution in [0.1, 0.15) is 30.0 Å². The molecule has 0 unspecified atom stereocenters. The molecular formula is C23H31IN4O4. The highest BCUT2D eigenvalue weighted by Gasteiger charge is 2.27. The zero-order valence-corrected chi connectivity index (χ0v) is 21.1. The summed E-state index contributed by atoms with van der Waals surface area (Å²) in [6.07, 6.45) is 1.53. The third-order valence-corrected chi connectivity index (χ3v) is 5.82. The van der Waals surface area contributed by atoms with Gasteiger partial charge in [0.05, 0.1) is 6.26 Å². The Morgan fingerprint density at radius 3 is 2.41 bits per heavy atom. The molecule has 1 aromatic heterocycles. The van der Waals surface area contributed by atoms with Gasteiger partial charge in [-0.3, -0.25) is 9.79 Å². The summed E-state index contributed by atoms with van der Waals surface area (Å²) in [5.41, 5.74) is 1.04. The second-order valence-corrected chi connectivity index (χ2v) is 8.40. The van der Waals surface area contributed by atoms with Gasteiger partial charge in [0.25, 0.3) is 5.91 Å². The quantitative estimate of drug-likeness (QED) is 0.356. The second kappa shape index (κ2) is 10.5. The first kappa shape index (κ1) is 24.2. The van der Waals surface area contributed by atoms with Gasteiger partial charge >= 0.3 is 0 Å². The van der Waals surface area contributed by atoms with Crippen LogP contribution in [0, 0.1) is 0 Å². The van der Waals surface area contributed by atoms with Gasteiger partial charge in [0.15, 0.2) is 23.2 Å². The van der Waals surface area contributed by atoms with E-state index in [0.29, 0.717) is 38.6 Å². The number of piperazine rings is 1. The number of carbonyl (C=O) groups excluding carboxylic acids is 1. The van der Waals surface area contributed by atoms with Crippen molar-refractivity contribution in [3.8, 4) is 11.5 Å². The minimum atomic E-state index is -0.136. The molecule has 174 valence electrons. The fraction of sp³-hybridized carbons (Fsp3) is 0.478.